The topological polar surface area (TPSA) is 137 Å². The molecule has 27 heavy (non-hydrogen) atoms. The molecule has 0 heterocycles. The molecule has 0 bridgehead atoms. The molecule has 8 nitrogen and oxygen atoms in total. The minimum atomic E-state index is -1.23. The van der Waals surface area contributed by atoms with Crippen molar-refractivity contribution in [2.45, 2.75) is 39.0 Å². The molecule has 0 aliphatic heterocycles. The van der Waals surface area contributed by atoms with Crippen molar-refractivity contribution in [3.63, 3.8) is 0 Å². The van der Waals surface area contributed by atoms with Crippen LogP contribution in [0.3, 0.4) is 0 Å². The van der Waals surface area contributed by atoms with Crippen molar-refractivity contribution in [1.82, 2.24) is 0 Å². The van der Waals surface area contributed by atoms with Crippen LogP contribution in [0.4, 0.5) is 0 Å². The van der Waals surface area contributed by atoms with Crippen molar-refractivity contribution in [3.8, 4) is 0 Å². The lowest BCUT2D eigenvalue weighted by Crippen LogP contribution is -2.44. The average Bonchev–Trinajstić information content (AvgIpc) is 2.71. The summed E-state index contributed by atoms with van der Waals surface area (Å²) in [6, 6.07) is 0. The highest BCUT2D eigenvalue weighted by atomic mass is 16.5. The summed E-state index contributed by atoms with van der Waals surface area (Å²) in [6.45, 7) is 2.73. The smallest absolute Gasteiger partial charge is 0.333 e. The summed E-state index contributed by atoms with van der Waals surface area (Å²) in [7, 11) is 0. The lowest BCUT2D eigenvalue weighted by atomic mass is 9.90. The van der Waals surface area contributed by atoms with Crippen molar-refractivity contribution < 1.29 is 39.8 Å². The fourth-order valence-electron chi connectivity index (χ4n) is 2.23. The number of carbonyl (C=O) groups is 1. The van der Waals surface area contributed by atoms with Gasteiger partial charge in [-0.2, -0.15) is 0 Å². The van der Waals surface area contributed by atoms with Gasteiger partial charge in [0.15, 0.2) is 0 Å². The second-order valence-electron chi connectivity index (χ2n) is 7.27. The first-order valence-electron chi connectivity index (χ1n) is 9.35. The molecule has 0 aromatic heterocycles. The average molecular weight is 392 g/mol. The third kappa shape index (κ3) is 9.14. The van der Waals surface area contributed by atoms with E-state index < -0.39 is 49.8 Å². The SMILES string of the molecule is C=C(CCCCCC)C(=O)OCC(CO)(CO)COCC(CO)(CO)CO. The van der Waals surface area contributed by atoms with Crippen LogP contribution in [0.5, 0.6) is 0 Å². The van der Waals surface area contributed by atoms with E-state index in [2.05, 4.69) is 13.5 Å². The Morgan fingerprint density at radius 2 is 1.33 bits per heavy atom. The van der Waals surface area contributed by atoms with Crippen molar-refractivity contribution >= 4 is 5.97 Å². The summed E-state index contributed by atoms with van der Waals surface area (Å²) in [6.07, 6.45) is 4.58. The molecular formula is C19H36O8. The number of esters is 1. The molecule has 0 saturated carbocycles. The maximum atomic E-state index is 12.0. The van der Waals surface area contributed by atoms with E-state index in [1.165, 1.54) is 0 Å². The highest BCUT2D eigenvalue weighted by Gasteiger charge is 2.34. The Hall–Kier alpha value is -1.03. The monoisotopic (exact) mass is 392 g/mol. The number of unbranched alkanes of at least 4 members (excludes halogenated alkanes) is 3. The Bertz CT molecular complexity index is 408. The standard InChI is InChI=1S/C19H36O8/c1-3-4-5-6-7-16(2)17(25)27-15-19(11-23,12-24)14-26-13-18(8-20,9-21)10-22/h20-24H,2-15H2,1H3. The zero-order valence-corrected chi connectivity index (χ0v) is 16.4. The van der Waals surface area contributed by atoms with Crippen LogP contribution in [0, 0.1) is 10.8 Å². The summed E-state index contributed by atoms with van der Waals surface area (Å²) < 4.78 is 10.6. The predicted molar refractivity (Wildman–Crippen MR) is 100.0 cm³/mol. The van der Waals surface area contributed by atoms with Gasteiger partial charge in [-0.15, -0.1) is 0 Å². The van der Waals surface area contributed by atoms with Crippen LogP contribution in [0.15, 0.2) is 12.2 Å². The van der Waals surface area contributed by atoms with E-state index in [1.807, 2.05) is 0 Å². The van der Waals surface area contributed by atoms with E-state index >= 15 is 0 Å². The molecule has 0 radical (unpaired) electrons. The molecule has 160 valence electrons. The highest BCUT2D eigenvalue weighted by molar-refractivity contribution is 5.87. The van der Waals surface area contributed by atoms with Gasteiger partial charge in [-0.3, -0.25) is 0 Å². The molecule has 0 spiro atoms. The fourth-order valence-corrected chi connectivity index (χ4v) is 2.23. The van der Waals surface area contributed by atoms with Gasteiger partial charge in [0.25, 0.3) is 0 Å². The third-order valence-electron chi connectivity index (χ3n) is 4.62. The number of rotatable bonds is 17. The number of hydrogen-bond acceptors (Lipinski definition) is 8. The van der Waals surface area contributed by atoms with Gasteiger partial charge in [0.05, 0.1) is 57.1 Å². The minimum absolute atomic E-state index is 0.183. The molecule has 0 unspecified atom stereocenters. The third-order valence-corrected chi connectivity index (χ3v) is 4.62. The van der Waals surface area contributed by atoms with Crippen molar-refractivity contribution in [1.29, 1.82) is 0 Å². The van der Waals surface area contributed by atoms with Crippen molar-refractivity contribution in [2.75, 3.05) is 52.9 Å². The van der Waals surface area contributed by atoms with Gasteiger partial charge in [0, 0.05) is 5.57 Å². The summed E-state index contributed by atoms with van der Waals surface area (Å²) in [4.78, 5) is 12.0. The molecule has 8 heteroatoms. The normalized spacial score (nSPS) is 12.2. The van der Waals surface area contributed by atoms with Crippen molar-refractivity contribution in [3.05, 3.63) is 12.2 Å². The Morgan fingerprint density at radius 1 is 0.815 bits per heavy atom. The quantitative estimate of drug-likeness (QED) is 0.133. The van der Waals surface area contributed by atoms with Crippen LogP contribution in [-0.2, 0) is 14.3 Å². The van der Waals surface area contributed by atoms with Gasteiger partial charge in [0.1, 0.15) is 6.61 Å². The van der Waals surface area contributed by atoms with Crippen LogP contribution in [0.1, 0.15) is 39.0 Å². The molecular weight excluding hydrogens is 356 g/mol. The first-order valence-corrected chi connectivity index (χ1v) is 9.35. The Labute approximate surface area is 161 Å². The van der Waals surface area contributed by atoms with Crippen LogP contribution < -0.4 is 0 Å². The second kappa shape index (κ2) is 14.0. The zero-order chi connectivity index (χ0) is 20.8. The number of aliphatic hydroxyl groups is 5. The molecule has 0 rings (SSSR count). The molecule has 0 saturated heterocycles. The summed E-state index contributed by atoms with van der Waals surface area (Å²) in [5.74, 6) is -0.576. The minimum Gasteiger partial charge on any atom is -0.461 e. The number of ether oxygens (including phenoxy) is 2. The molecule has 0 atom stereocenters. The van der Waals surface area contributed by atoms with Gasteiger partial charge < -0.3 is 35.0 Å². The van der Waals surface area contributed by atoms with Gasteiger partial charge in [-0.1, -0.05) is 32.8 Å². The molecule has 0 aliphatic carbocycles. The molecule has 0 aliphatic rings. The highest BCUT2D eigenvalue weighted by Crippen LogP contribution is 2.22. The number of hydrogen-bond donors (Lipinski definition) is 5. The van der Waals surface area contributed by atoms with Crippen molar-refractivity contribution in [2.24, 2.45) is 10.8 Å². The van der Waals surface area contributed by atoms with Crippen LogP contribution in [0.25, 0.3) is 0 Å². The summed E-state index contributed by atoms with van der Waals surface area (Å²) in [5, 5.41) is 47.1. The van der Waals surface area contributed by atoms with E-state index in [1.54, 1.807) is 0 Å². The summed E-state index contributed by atoms with van der Waals surface area (Å²) >= 11 is 0. The fraction of sp³-hybridized carbons (Fsp3) is 0.842. The van der Waals surface area contributed by atoms with Crippen LogP contribution in [-0.4, -0.2) is 84.4 Å². The van der Waals surface area contributed by atoms with Gasteiger partial charge in [0.2, 0.25) is 0 Å². The zero-order valence-electron chi connectivity index (χ0n) is 16.4. The van der Waals surface area contributed by atoms with Crippen LogP contribution in [0.2, 0.25) is 0 Å². The maximum Gasteiger partial charge on any atom is 0.333 e. The molecule has 0 aromatic rings. The first-order chi connectivity index (χ1) is 12.9. The summed E-state index contributed by atoms with van der Waals surface area (Å²) in [5.41, 5.74) is -2.11. The van der Waals surface area contributed by atoms with Crippen LogP contribution >= 0.6 is 0 Å². The lowest BCUT2D eigenvalue weighted by Gasteiger charge is -2.32. The van der Waals surface area contributed by atoms with Gasteiger partial charge in [-0.25, -0.2) is 4.79 Å². The van der Waals surface area contributed by atoms with E-state index in [0.29, 0.717) is 12.0 Å². The second-order valence-corrected chi connectivity index (χ2v) is 7.27. The van der Waals surface area contributed by atoms with E-state index in [9.17, 15) is 30.3 Å². The number of aliphatic hydroxyl groups excluding tert-OH is 5. The van der Waals surface area contributed by atoms with Gasteiger partial charge in [-0.05, 0) is 12.8 Å². The molecule has 0 aromatic carbocycles. The predicted octanol–water partition coefficient (Wildman–Crippen LogP) is 0.00710. The maximum absolute atomic E-state index is 12.0. The molecule has 0 amide bonds. The van der Waals surface area contributed by atoms with E-state index in [0.717, 1.165) is 25.7 Å². The Kier molecular flexibility index (Phi) is 13.5. The molecule has 5 N–H and O–H groups in total. The lowest BCUT2D eigenvalue weighted by molar-refractivity contribution is -0.150. The largest absolute Gasteiger partial charge is 0.461 e. The van der Waals surface area contributed by atoms with Gasteiger partial charge >= 0.3 is 5.97 Å². The Morgan fingerprint density at radius 3 is 1.81 bits per heavy atom. The Balaban J connectivity index is 4.55. The van der Waals surface area contributed by atoms with E-state index in [-0.39, 0.29) is 19.8 Å². The molecule has 0 fully saturated rings. The first kappa shape index (κ1) is 26.0. The van der Waals surface area contributed by atoms with E-state index in [4.69, 9.17) is 9.47 Å². The number of carbonyl (C=O) groups excluding carboxylic acids is 1.